The number of amides is 1. The molecule has 0 aliphatic carbocycles. The summed E-state index contributed by atoms with van der Waals surface area (Å²) in [5, 5.41) is 13.7. The van der Waals surface area contributed by atoms with Crippen LogP contribution in [-0.2, 0) is 0 Å². The fourth-order valence-electron chi connectivity index (χ4n) is 2.67. The van der Waals surface area contributed by atoms with Gasteiger partial charge in [0.05, 0.1) is 11.9 Å². The number of nitrogens with zero attached hydrogens (tertiary/aromatic N) is 3. The topological polar surface area (TPSA) is 92.7 Å². The number of benzene rings is 2. The second-order valence-electron chi connectivity index (χ2n) is 5.83. The number of para-hydroxylation sites is 1. The summed E-state index contributed by atoms with van der Waals surface area (Å²) in [5.74, 6) is -0.399. The van der Waals surface area contributed by atoms with E-state index in [0.717, 1.165) is 11.1 Å². The third-order valence-electron chi connectivity index (χ3n) is 3.99. The Morgan fingerprint density at radius 2 is 1.81 bits per heavy atom. The second-order valence-corrected chi connectivity index (χ2v) is 5.83. The maximum atomic E-state index is 12.6. The molecule has 0 radical (unpaired) electrons. The normalized spacial score (nSPS) is 10.5. The van der Waals surface area contributed by atoms with E-state index in [1.54, 1.807) is 42.7 Å². The number of nitrogens with one attached hydrogen (secondary N) is 2. The van der Waals surface area contributed by atoms with Gasteiger partial charge < -0.3 is 5.32 Å². The quantitative estimate of drug-likeness (QED) is 0.587. The minimum Gasteiger partial charge on any atom is -0.321 e. The van der Waals surface area contributed by atoms with Gasteiger partial charge in [-0.1, -0.05) is 30.3 Å². The zero-order chi connectivity index (χ0) is 18.6. The van der Waals surface area contributed by atoms with Gasteiger partial charge in [0, 0.05) is 23.5 Å². The van der Waals surface area contributed by atoms with Gasteiger partial charge >= 0.3 is 0 Å². The van der Waals surface area contributed by atoms with Crippen LogP contribution in [-0.4, -0.2) is 25.9 Å². The lowest BCUT2D eigenvalue weighted by molar-refractivity contribution is 0.102. The molecule has 0 aliphatic rings. The average Bonchev–Trinajstić information content (AvgIpc) is 3.24. The van der Waals surface area contributed by atoms with E-state index in [-0.39, 0.29) is 11.3 Å². The van der Waals surface area contributed by atoms with Crippen LogP contribution in [0.2, 0.25) is 0 Å². The van der Waals surface area contributed by atoms with Crippen LogP contribution in [0.25, 0.3) is 16.8 Å². The van der Waals surface area contributed by atoms with Crippen molar-refractivity contribution in [2.24, 2.45) is 0 Å². The van der Waals surface area contributed by atoms with Crippen LogP contribution in [0.3, 0.4) is 0 Å². The van der Waals surface area contributed by atoms with Crippen molar-refractivity contribution in [1.29, 1.82) is 0 Å². The van der Waals surface area contributed by atoms with Gasteiger partial charge in [0.25, 0.3) is 11.5 Å². The molecule has 7 nitrogen and oxygen atoms in total. The van der Waals surface area contributed by atoms with Gasteiger partial charge in [0.1, 0.15) is 5.69 Å². The number of rotatable bonds is 4. The van der Waals surface area contributed by atoms with E-state index in [4.69, 9.17) is 0 Å². The summed E-state index contributed by atoms with van der Waals surface area (Å²) in [4.78, 5) is 24.7. The smallest absolute Gasteiger partial charge is 0.276 e. The van der Waals surface area contributed by atoms with Gasteiger partial charge in [0.15, 0.2) is 0 Å². The number of anilines is 1. The van der Waals surface area contributed by atoms with Crippen LogP contribution >= 0.6 is 0 Å². The van der Waals surface area contributed by atoms with Gasteiger partial charge in [-0.05, 0) is 35.9 Å². The maximum Gasteiger partial charge on any atom is 0.276 e. The van der Waals surface area contributed by atoms with Crippen LogP contribution in [0.5, 0.6) is 0 Å². The van der Waals surface area contributed by atoms with Crippen molar-refractivity contribution in [3.63, 3.8) is 0 Å². The molecular weight excluding hydrogens is 342 g/mol. The Kier molecular flexibility index (Phi) is 4.32. The molecule has 0 fully saturated rings. The SMILES string of the molecule is O=C(Nc1cccc(-c2cn[nH]c2)c1)c1ccc(=O)n(-c2ccccc2)n1. The minimum absolute atomic E-state index is 0.146. The van der Waals surface area contributed by atoms with Crippen LogP contribution in [0, 0.1) is 0 Å². The van der Waals surface area contributed by atoms with Crippen molar-refractivity contribution in [1.82, 2.24) is 20.0 Å². The standard InChI is InChI=1S/C20H15N5O2/c26-19-10-9-18(24-25(19)17-7-2-1-3-8-17)20(27)23-16-6-4-5-14(11-16)15-12-21-22-13-15/h1-13H,(H,21,22)(H,23,27). The van der Waals surface area contributed by atoms with Crippen molar-refractivity contribution in [2.75, 3.05) is 5.32 Å². The van der Waals surface area contributed by atoms with Crippen LogP contribution in [0.1, 0.15) is 10.5 Å². The summed E-state index contributed by atoms with van der Waals surface area (Å²) in [6.45, 7) is 0. The number of carbonyl (C=O) groups excluding carboxylic acids is 1. The van der Waals surface area contributed by atoms with E-state index >= 15 is 0 Å². The molecular formula is C20H15N5O2. The average molecular weight is 357 g/mol. The summed E-state index contributed by atoms with van der Waals surface area (Å²) >= 11 is 0. The molecule has 0 saturated carbocycles. The van der Waals surface area contributed by atoms with E-state index < -0.39 is 5.91 Å². The molecule has 2 N–H and O–H groups in total. The molecule has 4 aromatic rings. The van der Waals surface area contributed by atoms with Crippen molar-refractivity contribution in [3.05, 3.63) is 95.2 Å². The molecule has 2 aromatic heterocycles. The Bertz CT molecular complexity index is 1130. The minimum atomic E-state index is -0.399. The Labute approximate surface area is 154 Å². The molecule has 0 saturated heterocycles. The van der Waals surface area contributed by atoms with Gasteiger partial charge in [-0.2, -0.15) is 14.9 Å². The van der Waals surface area contributed by atoms with Gasteiger partial charge in [-0.3, -0.25) is 14.7 Å². The maximum absolute atomic E-state index is 12.6. The highest BCUT2D eigenvalue weighted by Crippen LogP contribution is 2.21. The first-order valence-corrected chi connectivity index (χ1v) is 8.27. The monoisotopic (exact) mass is 357 g/mol. The molecule has 0 aliphatic heterocycles. The Hall–Kier alpha value is -4.00. The van der Waals surface area contributed by atoms with Crippen molar-refractivity contribution in [3.8, 4) is 16.8 Å². The molecule has 1 amide bonds. The summed E-state index contributed by atoms with van der Waals surface area (Å²) in [5.41, 5.74) is 2.90. The highest BCUT2D eigenvalue weighted by Gasteiger charge is 2.11. The highest BCUT2D eigenvalue weighted by atomic mass is 16.2. The van der Waals surface area contributed by atoms with E-state index in [1.165, 1.54) is 16.8 Å². The first-order chi connectivity index (χ1) is 13.2. The van der Waals surface area contributed by atoms with Crippen molar-refractivity contribution < 1.29 is 4.79 Å². The highest BCUT2D eigenvalue weighted by molar-refractivity contribution is 6.03. The van der Waals surface area contributed by atoms with Crippen LogP contribution < -0.4 is 10.9 Å². The van der Waals surface area contributed by atoms with Crippen molar-refractivity contribution in [2.45, 2.75) is 0 Å². The molecule has 27 heavy (non-hydrogen) atoms. The number of hydrogen-bond donors (Lipinski definition) is 2. The predicted molar refractivity (Wildman–Crippen MR) is 102 cm³/mol. The number of aromatic nitrogens is 4. The zero-order valence-corrected chi connectivity index (χ0v) is 14.2. The van der Waals surface area contributed by atoms with Crippen molar-refractivity contribution >= 4 is 11.6 Å². The summed E-state index contributed by atoms with van der Waals surface area (Å²) in [6.07, 6.45) is 3.48. The second kappa shape index (κ2) is 7.09. The number of hydrogen-bond acceptors (Lipinski definition) is 4. The fraction of sp³-hybridized carbons (Fsp3) is 0. The Morgan fingerprint density at radius 1 is 0.963 bits per heavy atom. The lowest BCUT2D eigenvalue weighted by Crippen LogP contribution is -2.24. The number of aromatic amines is 1. The molecule has 7 heteroatoms. The number of H-pyrrole nitrogens is 1. The molecule has 0 unspecified atom stereocenters. The summed E-state index contributed by atoms with van der Waals surface area (Å²) in [6, 6.07) is 19.1. The molecule has 0 atom stereocenters. The molecule has 4 rings (SSSR count). The lowest BCUT2D eigenvalue weighted by atomic mass is 10.1. The third-order valence-corrected chi connectivity index (χ3v) is 3.99. The zero-order valence-electron chi connectivity index (χ0n) is 14.2. The van der Waals surface area contributed by atoms with Gasteiger partial charge in [0.2, 0.25) is 0 Å². The number of carbonyl (C=O) groups is 1. The van der Waals surface area contributed by atoms with E-state index in [1.807, 2.05) is 24.3 Å². The van der Waals surface area contributed by atoms with E-state index in [0.29, 0.717) is 11.4 Å². The molecule has 132 valence electrons. The molecule has 2 heterocycles. The van der Waals surface area contributed by atoms with Gasteiger partial charge in [-0.25, -0.2) is 0 Å². The van der Waals surface area contributed by atoms with Gasteiger partial charge in [-0.15, -0.1) is 0 Å². The summed E-state index contributed by atoms with van der Waals surface area (Å²) in [7, 11) is 0. The Balaban J connectivity index is 1.61. The largest absolute Gasteiger partial charge is 0.321 e. The van der Waals surface area contributed by atoms with E-state index in [2.05, 4.69) is 20.6 Å². The Morgan fingerprint density at radius 3 is 2.59 bits per heavy atom. The summed E-state index contributed by atoms with van der Waals surface area (Å²) < 4.78 is 1.21. The van der Waals surface area contributed by atoms with Crippen LogP contribution in [0.15, 0.2) is 83.9 Å². The molecule has 2 aromatic carbocycles. The van der Waals surface area contributed by atoms with E-state index in [9.17, 15) is 9.59 Å². The fourth-order valence-corrected chi connectivity index (χ4v) is 2.67. The van der Waals surface area contributed by atoms with Crippen LogP contribution in [0.4, 0.5) is 5.69 Å². The first-order valence-electron chi connectivity index (χ1n) is 8.27. The third kappa shape index (κ3) is 3.52. The molecule has 0 bridgehead atoms. The predicted octanol–water partition coefficient (Wildman–Crippen LogP) is 2.87. The lowest BCUT2D eigenvalue weighted by Gasteiger charge is -2.08. The first kappa shape index (κ1) is 16.5. The molecule has 0 spiro atoms.